The standard InChI is InChI=1S/C25H21N3O4/c29-25(16-7-9-22-23(13-16)31-15-30-22)26-17-8-10-20-18(14-17)24(28-11-3-4-12-28)27-19-5-1-2-6-21(19)32-20/h1-2,5-10,13-14H,3-4,11-12,15H2,(H,26,29). The van der Waals surface area contributed by atoms with Crippen LogP contribution in [-0.4, -0.2) is 36.5 Å². The molecule has 0 saturated carbocycles. The number of nitrogens with one attached hydrogen (secondary N) is 1. The summed E-state index contributed by atoms with van der Waals surface area (Å²) in [5.74, 6) is 3.33. The summed E-state index contributed by atoms with van der Waals surface area (Å²) in [6.07, 6.45) is 2.27. The molecule has 7 nitrogen and oxygen atoms in total. The van der Waals surface area contributed by atoms with Crippen LogP contribution in [-0.2, 0) is 0 Å². The van der Waals surface area contributed by atoms with E-state index in [4.69, 9.17) is 19.2 Å². The minimum Gasteiger partial charge on any atom is -0.454 e. The molecule has 0 spiro atoms. The lowest BCUT2D eigenvalue weighted by molar-refractivity contribution is 0.102. The Morgan fingerprint density at radius 3 is 2.59 bits per heavy atom. The van der Waals surface area contributed by atoms with Crippen LogP contribution in [0.2, 0.25) is 0 Å². The number of anilines is 1. The van der Waals surface area contributed by atoms with Crippen molar-refractivity contribution >= 4 is 23.1 Å². The molecule has 3 aromatic carbocycles. The lowest BCUT2D eigenvalue weighted by atomic mass is 10.1. The molecule has 3 aromatic rings. The van der Waals surface area contributed by atoms with Gasteiger partial charge in [-0.3, -0.25) is 4.79 Å². The third kappa shape index (κ3) is 3.32. The van der Waals surface area contributed by atoms with E-state index < -0.39 is 0 Å². The van der Waals surface area contributed by atoms with Crippen LogP contribution in [0.5, 0.6) is 23.0 Å². The number of ether oxygens (including phenoxy) is 3. The average Bonchev–Trinajstić information content (AvgIpc) is 3.48. The van der Waals surface area contributed by atoms with E-state index in [9.17, 15) is 4.79 Å². The number of hydrogen-bond acceptors (Lipinski definition) is 6. The Labute approximate surface area is 185 Å². The molecule has 1 N–H and O–H groups in total. The zero-order valence-corrected chi connectivity index (χ0v) is 17.3. The molecule has 0 aliphatic carbocycles. The summed E-state index contributed by atoms with van der Waals surface area (Å²) in [5, 5.41) is 2.99. The van der Waals surface area contributed by atoms with Crippen molar-refractivity contribution in [2.75, 3.05) is 25.2 Å². The first-order chi connectivity index (χ1) is 15.7. The van der Waals surface area contributed by atoms with Crippen LogP contribution in [0.4, 0.5) is 11.4 Å². The molecule has 3 aliphatic rings. The van der Waals surface area contributed by atoms with Crippen LogP contribution >= 0.6 is 0 Å². The van der Waals surface area contributed by atoms with Gasteiger partial charge in [0.15, 0.2) is 17.2 Å². The van der Waals surface area contributed by atoms with Gasteiger partial charge in [0.05, 0.1) is 5.56 Å². The zero-order valence-electron chi connectivity index (χ0n) is 17.3. The monoisotopic (exact) mass is 427 g/mol. The van der Waals surface area contributed by atoms with Gasteiger partial charge in [-0.2, -0.15) is 0 Å². The van der Waals surface area contributed by atoms with E-state index in [0.717, 1.165) is 54.5 Å². The van der Waals surface area contributed by atoms with Crippen molar-refractivity contribution in [2.24, 2.45) is 4.99 Å². The fourth-order valence-electron chi connectivity index (χ4n) is 4.21. The molecule has 1 amide bonds. The van der Waals surface area contributed by atoms with E-state index in [1.54, 1.807) is 18.2 Å². The smallest absolute Gasteiger partial charge is 0.255 e. The van der Waals surface area contributed by atoms with Gasteiger partial charge >= 0.3 is 0 Å². The van der Waals surface area contributed by atoms with Crippen molar-refractivity contribution in [2.45, 2.75) is 12.8 Å². The summed E-state index contributed by atoms with van der Waals surface area (Å²) >= 11 is 0. The molecular formula is C25H21N3O4. The average molecular weight is 427 g/mol. The van der Waals surface area contributed by atoms with Gasteiger partial charge in [0.25, 0.3) is 5.91 Å². The van der Waals surface area contributed by atoms with Crippen LogP contribution in [0.15, 0.2) is 65.7 Å². The summed E-state index contributed by atoms with van der Waals surface area (Å²) in [6, 6.07) is 18.6. The number of benzene rings is 3. The fourth-order valence-corrected chi connectivity index (χ4v) is 4.21. The van der Waals surface area contributed by atoms with E-state index >= 15 is 0 Å². The maximum Gasteiger partial charge on any atom is 0.255 e. The van der Waals surface area contributed by atoms with Crippen LogP contribution in [0, 0.1) is 0 Å². The second-order valence-electron chi connectivity index (χ2n) is 7.93. The van der Waals surface area contributed by atoms with E-state index in [-0.39, 0.29) is 12.7 Å². The Hall–Kier alpha value is -4.00. The lowest BCUT2D eigenvalue weighted by Crippen LogP contribution is -2.28. The number of para-hydroxylation sites is 2. The van der Waals surface area contributed by atoms with Gasteiger partial charge in [0.1, 0.15) is 17.3 Å². The predicted octanol–water partition coefficient (Wildman–Crippen LogP) is 4.95. The van der Waals surface area contributed by atoms with Crippen molar-refractivity contribution in [1.82, 2.24) is 4.90 Å². The molecule has 160 valence electrons. The number of aliphatic imine (C=N–C) groups is 1. The summed E-state index contributed by atoms with van der Waals surface area (Å²) < 4.78 is 16.9. The van der Waals surface area contributed by atoms with E-state index in [1.165, 1.54) is 0 Å². The normalized spacial score (nSPS) is 15.9. The molecule has 0 radical (unpaired) electrons. The predicted molar refractivity (Wildman–Crippen MR) is 120 cm³/mol. The fraction of sp³-hybridized carbons (Fsp3) is 0.200. The third-order valence-electron chi connectivity index (χ3n) is 5.83. The highest BCUT2D eigenvalue weighted by Crippen LogP contribution is 2.39. The van der Waals surface area contributed by atoms with Gasteiger partial charge in [-0.25, -0.2) is 4.99 Å². The Morgan fingerprint density at radius 1 is 0.875 bits per heavy atom. The highest BCUT2D eigenvalue weighted by molar-refractivity contribution is 6.07. The highest BCUT2D eigenvalue weighted by atomic mass is 16.7. The minimum absolute atomic E-state index is 0.173. The quantitative estimate of drug-likeness (QED) is 0.627. The summed E-state index contributed by atoms with van der Waals surface area (Å²) in [5.41, 5.74) is 2.84. The third-order valence-corrected chi connectivity index (χ3v) is 5.83. The topological polar surface area (TPSA) is 72.4 Å². The van der Waals surface area contributed by atoms with Crippen LogP contribution < -0.4 is 19.5 Å². The summed E-state index contributed by atoms with van der Waals surface area (Å²) in [4.78, 5) is 20.1. The van der Waals surface area contributed by atoms with Gasteiger partial charge in [0.2, 0.25) is 6.79 Å². The van der Waals surface area contributed by atoms with Gasteiger partial charge in [-0.1, -0.05) is 12.1 Å². The maximum atomic E-state index is 12.9. The first-order valence-corrected chi connectivity index (χ1v) is 10.7. The van der Waals surface area contributed by atoms with Crippen LogP contribution in [0.1, 0.15) is 28.8 Å². The van der Waals surface area contributed by atoms with Gasteiger partial charge in [-0.15, -0.1) is 0 Å². The minimum atomic E-state index is -0.222. The van der Waals surface area contributed by atoms with Crippen molar-refractivity contribution in [3.8, 4) is 23.0 Å². The maximum absolute atomic E-state index is 12.9. The zero-order chi connectivity index (χ0) is 21.5. The number of amidine groups is 1. The lowest BCUT2D eigenvalue weighted by Gasteiger charge is -2.21. The second-order valence-corrected chi connectivity index (χ2v) is 7.93. The number of hydrogen-bond donors (Lipinski definition) is 1. The number of fused-ring (bicyclic) bond motifs is 3. The van der Waals surface area contributed by atoms with Crippen molar-refractivity contribution in [1.29, 1.82) is 0 Å². The number of likely N-dealkylation sites (tertiary alicyclic amines) is 1. The Kier molecular flexibility index (Phi) is 4.45. The molecule has 1 saturated heterocycles. The van der Waals surface area contributed by atoms with Gasteiger partial charge < -0.3 is 24.4 Å². The number of nitrogens with zero attached hydrogens (tertiary/aromatic N) is 2. The molecule has 0 unspecified atom stereocenters. The van der Waals surface area contributed by atoms with Crippen molar-refractivity contribution in [3.05, 3.63) is 71.8 Å². The molecule has 3 heterocycles. The molecule has 3 aliphatic heterocycles. The molecule has 0 aromatic heterocycles. The molecular weight excluding hydrogens is 406 g/mol. The van der Waals surface area contributed by atoms with Gasteiger partial charge in [0, 0.05) is 24.3 Å². The Morgan fingerprint density at radius 2 is 1.69 bits per heavy atom. The first kappa shape index (κ1) is 18.7. The molecule has 1 fully saturated rings. The number of carbonyl (C=O) groups is 1. The first-order valence-electron chi connectivity index (χ1n) is 10.7. The number of rotatable bonds is 2. The molecule has 0 bridgehead atoms. The number of carbonyl (C=O) groups excluding carboxylic acids is 1. The van der Waals surface area contributed by atoms with Crippen molar-refractivity contribution < 1.29 is 19.0 Å². The Bertz CT molecular complexity index is 1250. The van der Waals surface area contributed by atoms with Crippen LogP contribution in [0.25, 0.3) is 0 Å². The molecule has 7 heteroatoms. The Balaban J connectivity index is 1.35. The largest absolute Gasteiger partial charge is 0.454 e. The molecule has 0 atom stereocenters. The van der Waals surface area contributed by atoms with Crippen molar-refractivity contribution in [3.63, 3.8) is 0 Å². The van der Waals surface area contributed by atoms with Crippen LogP contribution in [0.3, 0.4) is 0 Å². The second kappa shape index (κ2) is 7.60. The molecule has 6 rings (SSSR count). The van der Waals surface area contributed by atoms with E-state index in [2.05, 4.69) is 10.2 Å². The number of amides is 1. The van der Waals surface area contributed by atoms with Gasteiger partial charge in [-0.05, 0) is 61.4 Å². The highest BCUT2D eigenvalue weighted by Gasteiger charge is 2.25. The van der Waals surface area contributed by atoms with E-state index in [1.807, 2.05) is 42.5 Å². The van der Waals surface area contributed by atoms with E-state index in [0.29, 0.717) is 22.7 Å². The SMILES string of the molecule is O=C(Nc1ccc2c(c1)C(N1CCCC1)=Nc1ccccc1O2)c1ccc2c(c1)OCO2. The summed E-state index contributed by atoms with van der Waals surface area (Å²) in [6.45, 7) is 2.08. The summed E-state index contributed by atoms with van der Waals surface area (Å²) in [7, 11) is 0. The molecule has 32 heavy (non-hydrogen) atoms.